The van der Waals surface area contributed by atoms with Gasteiger partial charge >= 0.3 is 0 Å². The van der Waals surface area contributed by atoms with Gasteiger partial charge in [-0.1, -0.05) is 18.2 Å². The number of hydrogen-bond acceptors (Lipinski definition) is 5. The van der Waals surface area contributed by atoms with Crippen LogP contribution < -0.4 is 0 Å². The smallest absolute Gasteiger partial charge is 0.265 e. The molecule has 0 unspecified atom stereocenters. The molecule has 1 aliphatic heterocycles. The third-order valence-corrected chi connectivity index (χ3v) is 6.76. The minimum atomic E-state index is -0.392. The van der Waals surface area contributed by atoms with E-state index in [0.29, 0.717) is 0 Å². The predicted octanol–water partition coefficient (Wildman–Crippen LogP) is 3.84. The lowest BCUT2D eigenvalue weighted by atomic mass is 10.1. The Bertz CT molecular complexity index is 1320. The minimum Gasteiger partial charge on any atom is -0.288 e. The molecule has 2 amide bonds. The largest absolute Gasteiger partial charge is 0.288 e. The first-order chi connectivity index (χ1) is 14.5. The number of benzene rings is 1. The summed E-state index contributed by atoms with van der Waals surface area (Å²) in [6, 6.07) is 16.0. The Balaban J connectivity index is 1.64. The molecule has 30 heavy (non-hydrogen) atoms. The molecule has 148 valence electrons. The highest BCUT2D eigenvalue weighted by Gasteiger charge is 2.35. The molecule has 0 spiro atoms. The number of aromatic nitrogens is 2. The third-order valence-electron chi connectivity index (χ3n) is 5.20. The molecule has 0 atom stereocenters. The number of fused-ring (bicyclic) bond motifs is 3. The monoisotopic (exact) mass is 432 g/mol. The number of likely N-dealkylation sites (N-methyl/N-ethyl adjacent to an activating group) is 2. The lowest BCUT2D eigenvalue weighted by Crippen LogP contribution is -2.52. The topological polar surface area (TPSA) is 58.4 Å². The van der Waals surface area contributed by atoms with Gasteiger partial charge in [0.1, 0.15) is 16.2 Å². The van der Waals surface area contributed by atoms with Crippen molar-refractivity contribution in [2.24, 2.45) is 0 Å². The molecule has 1 aromatic carbocycles. The van der Waals surface area contributed by atoms with E-state index in [2.05, 4.69) is 27.8 Å². The fourth-order valence-corrected chi connectivity index (χ4v) is 4.81. The molecular weight excluding hydrogens is 416 g/mol. The minimum absolute atomic E-state index is 0.0994. The van der Waals surface area contributed by atoms with Crippen LogP contribution in [0.1, 0.15) is 4.88 Å². The van der Waals surface area contributed by atoms with Gasteiger partial charge in [0.05, 0.1) is 5.52 Å². The standard InChI is InChI=1S/C22H16N4O2S2/c1-24-20(27)16(21(28)25(2)22(24)29)12-13-9-10-18(30-13)26-17-8-4-3-6-14(17)15-7-5-11-23-19(15)26/h3-12H,1-2H3. The fraction of sp³-hybridized carbons (Fsp3) is 0.0909. The molecule has 0 bridgehead atoms. The molecule has 8 heteroatoms. The summed E-state index contributed by atoms with van der Waals surface area (Å²) in [5.41, 5.74) is 2.03. The van der Waals surface area contributed by atoms with Gasteiger partial charge in [0.2, 0.25) is 0 Å². The number of carbonyl (C=O) groups excluding carboxylic acids is 2. The van der Waals surface area contributed by atoms with Gasteiger partial charge in [-0.05, 0) is 48.6 Å². The lowest BCUT2D eigenvalue weighted by molar-refractivity contribution is -0.132. The van der Waals surface area contributed by atoms with Crippen molar-refractivity contribution >= 4 is 68.5 Å². The van der Waals surface area contributed by atoms with Crippen LogP contribution >= 0.6 is 23.6 Å². The Morgan fingerprint density at radius 1 is 0.933 bits per heavy atom. The highest BCUT2D eigenvalue weighted by molar-refractivity contribution is 7.80. The molecule has 0 saturated carbocycles. The first-order valence-electron chi connectivity index (χ1n) is 9.23. The van der Waals surface area contributed by atoms with Crippen molar-refractivity contribution in [2.75, 3.05) is 14.1 Å². The molecule has 6 nitrogen and oxygen atoms in total. The summed E-state index contributed by atoms with van der Waals surface area (Å²) in [5, 5.41) is 3.36. The van der Waals surface area contributed by atoms with Gasteiger partial charge in [-0.3, -0.25) is 24.0 Å². The van der Waals surface area contributed by atoms with Crippen molar-refractivity contribution in [1.29, 1.82) is 0 Å². The van der Waals surface area contributed by atoms with Crippen LogP contribution in [0.4, 0.5) is 0 Å². The van der Waals surface area contributed by atoms with E-state index >= 15 is 0 Å². The zero-order valence-electron chi connectivity index (χ0n) is 16.2. The fourth-order valence-electron chi connectivity index (χ4n) is 3.68. The van der Waals surface area contributed by atoms with Crippen molar-refractivity contribution in [1.82, 2.24) is 19.4 Å². The van der Waals surface area contributed by atoms with Crippen molar-refractivity contribution in [3.8, 4) is 5.00 Å². The molecule has 4 aromatic rings. The molecule has 1 saturated heterocycles. The van der Waals surface area contributed by atoms with Crippen LogP contribution in [0.15, 0.2) is 60.3 Å². The number of thiophene rings is 1. The van der Waals surface area contributed by atoms with Gasteiger partial charge in [-0.15, -0.1) is 11.3 Å². The molecule has 5 rings (SSSR count). The summed E-state index contributed by atoms with van der Waals surface area (Å²) in [5.74, 6) is -0.784. The summed E-state index contributed by atoms with van der Waals surface area (Å²) in [6.45, 7) is 0. The zero-order valence-corrected chi connectivity index (χ0v) is 17.8. The van der Waals surface area contributed by atoms with Gasteiger partial charge in [0.25, 0.3) is 11.8 Å². The number of amides is 2. The number of para-hydroxylation sites is 1. The second-order valence-electron chi connectivity index (χ2n) is 6.97. The van der Waals surface area contributed by atoms with Gasteiger partial charge < -0.3 is 0 Å². The van der Waals surface area contributed by atoms with Gasteiger partial charge in [-0.2, -0.15) is 0 Å². The summed E-state index contributed by atoms with van der Waals surface area (Å²) in [4.78, 5) is 33.2. The van der Waals surface area contributed by atoms with Gasteiger partial charge in [0.15, 0.2) is 5.11 Å². The van der Waals surface area contributed by atoms with Crippen LogP contribution in [0.25, 0.3) is 33.0 Å². The summed E-state index contributed by atoms with van der Waals surface area (Å²) in [6.07, 6.45) is 3.41. The molecular formula is C22H16N4O2S2. The van der Waals surface area contributed by atoms with E-state index in [1.165, 1.54) is 21.1 Å². The van der Waals surface area contributed by atoms with Crippen LogP contribution in [0.2, 0.25) is 0 Å². The quantitative estimate of drug-likeness (QED) is 0.274. The molecule has 1 aliphatic rings. The van der Waals surface area contributed by atoms with Gasteiger partial charge in [-0.25, -0.2) is 4.98 Å². The van der Waals surface area contributed by atoms with Gasteiger partial charge in [0, 0.05) is 35.9 Å². The Morgan fingerprint density at radius 3 is 2.40 bits per heavy atom. The lowest BCUT2D eigenvalue weighted by Gasteiger charge is -2.31. The van der Waals surface area contributed by atoms with Crippen molar-refractivity contribution in [3.63, 3.8) is 0 Å². The zero-order chi connectivity index (χ0) is 21.0. The van der Waals surface area contributed by atoms with E-state index in [1.54, 1.807) is 26.4 Å². The summed E-state index contributed by atoms with van der Waals surface area (Å²) < 4.78 is 2.11. The average molecular weight is 433 g/mol. The van der Waals surface area contributed by atoms with E-state index in [1.807, 2.05) is 30.3 Å². The van der Waals surface area contributed by atoms with Crippen molar-refractivity contribution in [3.05, 3.63) is 65.2 Å². The molecule has 3 aromatic heterocycles. The van der Waals surface area contributed by atoms with Crippen molar-refractivity contribution < 1.29 is 9.59 Å². The van der Waals surface area contributed by atoms with Crippen LogP contribution in [0.3, 0.4) is 0 Å². The van der Waals surface area contributed by atoms with Crippen LogP contribution in [-0.2, 0) is 9.59 Å². The Hall–Kier alpha value is -3.36. The van der Waals surface area contributed by atoms with Crippen molar-refractivity contribution in [2.45, 2.75) is 0 Å². The maximum atomic E-state index is 12.6. The molecule has 0 aliphatic carbocycles. The number of carbonyl (C=O) groups is 2. The predicted molar refractivity (Wildman–Crippen MR) is 123 cm³/mol. The van der Waals surface area contributed by atoms with Crippen LogP contribution in [0, 0.1) is 0 Å². The Labute approximate surface area is 181 Å². The molecule has 0 N–H and O–H groups in total. The van der Waals surface area contributed by atoms with Crippen LogP contribution in [0.5, 0.6) is 0 Å². The van der Waals surface area contributed by atoms with E-state index in [-0.39, 0.29) is 10.7 Å². The molecule has 4 heterocycles. The second kappa shape index (κ2) is 6.86. The van der Waals surface area contributed by atoms with E-state index < -0.39 is 11.8 Å². The van der Waals surface area contributed by atoms with E-state index in [0.717, 1.165) is 31.8 Å². The normalized spacial score (nSPS) is 15.0. The number of pyridine rings is 1. The first kappa shape index (κ1) is 18.7. The first-order valence-corrected chi connectivity index (χ1v) is 10.5. The van der Waals surface area contributed by atoms with E-state index in [4.69, 9.17) is 12.2 Å². The number of thiocarbonyl (C=S) groups is 1. The molecule has 1 fully saturated rings. The number of rotatable bonds is 2. The second-order valence-corrected chi connectivity index (χ2v) is 8.43. The molecule has 0 radical (unpaired) electrons. The highest BCUT2D eigenvalue weighted by atomic mass is 32.1. The SMILES string of the molecule is CN1C(=O)C(=Cc2ccc(-n3c4ccccc4c4cccnc43)s2)C(=O)N(C)C1=S. The third kappa shape index (κ3) is 2.68. The summed E-state index contributed by atoms with van der Waals surface area (Å²) in [7, 11) is 3.15. The summed E-state index contributed by atoms with van der Waals surface area (Å²) >= 11 is 6.64. The average Bonchev–Trinajstić information content (AvgIpc) is 3.36. The maximum Gasteiger partial charge on any atom is 0.265 e. The Morgan fingerprint density at radius 2 is 1.63 bits per heavy atom. The highest BCUT2D eigenvalue weighted by Crippen LogP contribution is 2.34. The number of hydrogen-bond donors (Lipinski definition) is 0. The Kier molecular flexibility index (Phi) is 4.27. The number of nitrogens with zero attached hydrogens (tertiary/aromatic N) is 4. The van der Waals surface area contributed by atoms with E-state index in [9.17, 15) is 9.59 Å². The maximum absolute atomic E-state index is 12.6. The van der Waals surface area contributed by atoms with Crippen LogP contribution in [-0.4, -0.2) is 50.4 Å².